The van der Waals surface area contributed by atoms with E-state index in [9.17, 15) is 0 Å². The molecule has 0 atom stereocenters. The van der Waals surface area contributed by atoms with Crippen LogP contribution in [0.1, 0.15) is 16.7 Å². The quantitative estimate of drug-likeness (QED) is 0.748. The molecule has 1 aliphatic rings. The van der Waals surface area contributed by atoms with E-state index in [4.69, 9.17) is 10.5 Å². The molecule has 1 heterocycles. The molecular weight excluding hydrogens is 224 g/mol. The molecule has 1 saturated heterocycles. The van der Waals surface area contributed by atoms with Gasteiger partial charge in [-0.05, 0) is 43.5 Å². The Morgan fingerprint density at radius 2 is 2.06 bits per heavy atom. The Kier molecular flexibility index (Phi) is 4.38. The Balaban J connectivity index is 1.73. The SMILES string of the molecule is Cc1ccc(CCNCC2(CN)COC2)cc1C. The van der Waals surface area contributed by atoms with E-state index in [1.165, 1.54) is 16.7 Å². The number of hydrogen-bond acceptors (Lipinski definition) is 3. The van der Waals surface area contributed by atoms with Gasteiger partial charge in [0.1, 0.15) is 0 Å². The lowest BCUT2D eigenvalue weighted by atomic mass is 9.86. The molecule has 0 unspecified atom stereocenters. The average Bonchev–Trinajstić information content (AvgIpc) is 2.32. The van der Waals surface area contributed by atoms with Crippen LogP contribution in [0.5, 0.6) is 0 Å². The summed E-state index contributed by atoms with van der Waals surface area (Å²) in [4.78, 5) is 0. The molecule has 0 aliphatic carbocycles. The lowest BCUT2D eigenvalue weighted by molar-refractivity contribution is -0.104. The maximum Gasteiger partial charge on any atom is 0.0569 e. The lowest BCUT2D eigenvalue weighted by Gasteiger charge is -2.40. The summed E-state index contributed by atoms with van der Waals surface area (Å²) in [5.41, 5.74) is 10.1. The van der Waals surface area contributed by atoms with Gasteiger partial charge in [0.2, 0.25) is 0 Å². The number of hydrogen-bond donors (Lipinski definition) is 2. The normalized spacial score (nSPS) is 17.5. The molecule has 0 aromatic heterocycles. The molecule has 3 heteroatoms. The third-order valence-electron chi connectivity index (χ3n) is 3.91. The first-order valence-corrected chi connectivity index (χ1v) is 6.70. The van der Waals surface area contributed by atoms with E-state index in [2.05, 4.69) is 37.4 Å². The minimum atomic E-state index is 0.198. The zero-order chi connectivity index (χ0) is 13.0. The van der Waals surface area contributed by atoms with Crippen molar-refractivity contribution in [1.82, 2.24) is 5.32 Å². The first-order chi connectivity index (χ1) is 8.65. The monoisotopic (exact) mass is 248 g/mol. The van der Waals surface area contributed by atoms with Crippen molar-refractivity contribution in [2.75, 3.05) is 32.8 Å². The number of aryl methyl sites for hydroxylation is 2. The highest BCUT2D eigenvalue weighted by Gasteiger charge is 2.36. The molecule has 18 heavy (non-hydrogen) atoms. The van der Waals surface area contributed by atoms with Gasteiger partial charge in [-0.1, -0.05) is 18.2 Å². The van der Waals surface area contributed by atoms with E-state index in [1.807, 2.05) is 0 Å². The van der Waals surface area contributed by atoms with Gasteiger partial charge in [-0.15, -0.1) is 0 Å². The second kappa shape index (κ2) is 5.83. The van der Waals surface area contributed by atoms with Crippen LogP contribution in [0, 0.1) is 19.3 Å². The maximum atomic E-state index is 5.78. The molecule has 0 spiro atoms. The van der Waals surface area contributed by atoms with Gasteiger partial charge in [0.15, 0.2) is 0 Å². The summed E-state index contributed by atoms with van der Waals surface area (Å²) in [6, 6.07) is 6.70. The number of rotatable bonds is 6. The van der Waals surface area contributed by atoms with Gasteiger partial charge in [-0.3, -0.25) is 0 Å². The molecule has 1 fully saturated rings. The fourth-order valence-corrected chi connectivity index (χ4v) is 2.23. The Morgan fingerprint density at radius 1 is 1.28 bits per heavy atom. The van der Waals surface area contributed by atoms with Crippen LogP contribution in [0.2, 0.25) is 0 Å². The van der Waals surface area contributed by atoms with Gasteiger partial charge in [0.25, 0.3) is 0 Å². The Hall–Kier alpha value is -0.900. The van der Waals surface area contributed by atoms with Crippen LogP contribution < -0.4 is 11.1 Å². The highest BCUT2D eigenvalue weighted by atomic mass is 16.5. The minimum absolute atomic E-state index is 0.198. The summed E-state index contributed by atoms with van der Waals surface area (Å²) < 4.78 is 5.25. The van der Waals surface area contributed by atoms with Gasteiger partial charge < -0.3 is 15.8 Å². The molecule has 0 amide bonds. The van der Waals surface area contributed by atoms with Crippen molar-refractivity contribution < 1.29 is 4.74 Å². The Labute approximate surface area is 110 Å². The summed E-state index contributed by atoms with van der Waals surface area (Å²) >= 11 is 0. The predicted molar refractivity (Wildman–Crippen MR) is 74.8 cm³/mol. The van der Waals surface area contributed by atoms with Crippen molar-refractivity contribution >= 4 is 0 Å². The molecule has 3 N–H and O–H groups in total. The van der Waals surface area contributed by atoms with Crippen LogP contribution >= 0.6 is 0 Å². The Morgan fingerprint density at radius 3 is 2.61 bits per heavy atom. The smallest absolute Gasteiger partial charge is 0.0569 e. The third-order valence-corrected chi connectivity index (χ3v) is 3.91. The molecule has 100 valence electrons. The second-order valence-electron chi connectivity index (χ2n) is 5.54. The largest absolute Gasteiger partial charge is 0.380 e. The molecule has 0 bridgehead atoms. The molecule has 1 aromatic rings. The fourth-order valence-electron chi connectivity index (χ4n) is 2.23. The number of benzene rings is 1. The standard InChI is InChI=1S/C15H24N2O/c1-12-3-4-14(7-13(12)2)5-6-17-9-15(8-16)10-18-11-15/h3-4,7,17H,5-6,8-11,16H2,1-2H3. The third kappa shape index (κ3) is 3.10. The van der Waals surface area contributed by atoms with Gasteiger partial charge in [0, 0.05) is 18.5 Å². The van der Waals surface area contributed by atoms with Crippen molar-refractivity contribution in [2.45, 2.75) is 20.3 Å². The first kappa shape index (κ1) is 13.5. The minimum Gasteiger partial charge on any atom is -0.380 e. The molecule has 1 aliphatic heterocycles. The van der Waals surface area contributed by atoms with Crippen LogP contribution in [0.25, 0.3) is 0 Å². The Bertz CT molecular complexity index is 394. The predicted octanol–water partition coefficient (Wildman–Crippen LogP) is 1.41. The van der Waals surface area contributed by atoms with Crippen LogP contribution in [0.3, 0.4) is 0 Å². The van der Waals surface area contributed by atoms with E-state index in [-0.39, 0.29) is 5.41 Å². The van der Waals surface area contributed by atoms with Crippen molar-refractivity contribution in [1.29, 1.82) is 0 Å². The van der Waals surface area contributed by atoms with E-state index in [0.717, 1.165) is 32.7 Å². The van der Waals surface area contributed by atoms with Crippen LogP contribution in [-0.2, 0) is 11.2 Å². The van der Waals surface area contributed by atoms with Crippen LogP contribution in [0.4, 0.5) is 0 Å². The lowest BCUT2D eigenvalue weighted by Crippen LogP contribution is -2.54. The molecule has 1 aromatic carbocycles. The van der Waals surface area contributed by atoms with E-state index >= 15 is 0 Å². The average molecular weight is 248 g/mol. The molecule has 0 radical (unpaired) electrons. The zero-order valence-corrected chi connectivity index (χ0v) is 11.5. The van der Waals surface area contributed by atoms with Gasteiger partial charge >= 0.3 is 0 Å². The van der Waals surface area contributed by atoms with Crippen LogP contribution in [0.15, 0.2) is 18.2 Å². The summed E-state index contributed by atoms with van der Waals surface area (Å²) in [6.07, 6.45) is 1.07. The van der Waals surface area contributed by atoms with Crippen molar-refractivity contribution in [3.05, 3.63) is 34.9 Å². The summed E-state index contributed by atoms with van der Waals surface area (Å²) in [7, 11) is 0. The van der Waals surface area contributed by atoms with E-state index in [1.54, 1.807) is 0 Å². The van der Waals surface area contributed by atoms with Gasteiger partial charge in [-0.2, -0.15) is 0 Å². The summed E-state index contributed by atoms with van der Waals surface area (Å²) in [6.45, 7) is 8.61. The van der Waals surface area contributed by atoms with E-state index in [0.29, 0.717) is 6.54 Å². The maximum absolute atomic E-state index is 5.78. The van der Waals surface area contributed by atoms with Crippen molar-refractivity contribution in [3.63, 3.8) is 0 Å². The molecule has 3 nitrogen and oxygen atoms in total. The van der Waals surface area contributed by atoms with Crippen molar-refractivity contribution in [2.24, 2.45) is 11.1 Å². The van der Waals surface area contributed by atoms with Crippen molar-refractivity contribution in [3.8, 4) is 0 Å². The van der Waals surface area contributed by atoms with E-state index < -0.39 is 0 Å². The van der Waals surface area contributed by atoms with Gasteiger partial charge in [0.05, 0.1) is 13.2 Å². The second-order valence-corrected chi connectivity index (χ2v) is 5.54. The fraction of sp³-hybridized carbons (Fsp3) is 0.600. The molecule has 2 rings (SSSR count). The van der Waals surface area contributed by atoms with Crippen LogP contribution in [-0.4, -0.2) is 32.8 Å². The number of nitrogens with one attached hydrogen (secondary N) is 1. The number of nitrogens with two attached hydrogens (primary N) is 1. The molecule has 0 saturated carbocycles. The topological polar surface area (TPSA) is 47.3 Å². The highest BCUT2D eigenvalue weighted by Crippen LogP contribution is 2.24. The zero-order valence-electron chi connectivity index (χ0n) is 11.5. The summed E-state index contributed by atoms with van der Waals surface area (Å²) in [5.74, 6) is 0. The first-order valence-electron chi connectivity index (χ1n) is 6.70. The molecular formula is C15H24N2O. The highest BCUT2D eigenvalue weighted by molar-refractivity contribution is 5.30. The number of ether oxygens (including phenoxy) is 1. The summed E-state index contributed by atoms with van der Waals surface area (Å²) in [5, 5.41) is 3.50. The van der Waals surface area contributed by atoms with Gasteiger partial charge in [-0.25, -0.2) is 0 Å².